The van der Waals surface area contributed by atoms with E-state index in [-0.39, 0.29) is 11.4 Å². The van der Waals surface area contributed by atoms with Gasteiger partial charge in [-0.3, -0.25) is 0 Å². The molecule has 0 radical (unpaired) electrons. The predicted octanol–water partition coefficient (Wildman–Crippen LogP) is 1.68. The molecule has 0 aromatic heterocycles. The lowest BCUT2D eigenvalue weighted by Gasteiger charge is -1.86. The molecule has 0 unspecified atom stereocenters. The fourth-order valence-electron chi connectivity index (χ4n) is 0.122. The van der Waals surface area contributed by atoms with E-state index in [0.717, 1.165) is 0 Å². The first-order valence-corrected chi connectivity index (χ1v) is 2.04. The second-order valence-electron chi connectivity index (χ2n) is 1.34. The monoisotopic (exact) mass is 120 g/mol. The van der Waals surface area contributed by atoms with Gasteiger partial charge in [0, 0.05) is 0 Å². The fourth-order valence-corrected chi connectivity index (χ4v) is 0.122. The summed E-state index contributed by atoms with van der Waals surface area (Å²) in [7, 11) is 0. The van der Waals surface area contributed by atoms with Gasteiger partial charge in [0.15, 0.2) is 0 Å². The fraction of sp³-hybridized carbons (Fsp3) is 0.500. The molecule has 0 aliphatic heterocycles. The molecule has 0 aromatic rings. The van der Waals surface area contributed by atoms with Crippen LogP contribution in [-0.2, 0) is 0 Å². The van der Waals surface area contributed by atoms with Crippen molar-refractivity contribution >= 4 is 11.4 Å². The summed E-state index contributed by atoms with van der Waals surface area (Å²) in [6, 6.07) is 0. The maximum Gasteiger partial charge on any atom is 0.0940 e. The topological polar surface area (TPSA) is 24.7 Å². The van der Waals surface area contributed by atoms with Crippen LogP contribution in [0.3, 0.4) is 0 Å². The van der Waals surface area contributed by atoms with Crippen LogP contribution in [0.1, 0.15) is 13.8 Å². The van der Waals surface area contributed by atoms with Crippen molar-refractivity contribution in [2.45, 2.75) is 13.8 Å². The van der Waals surface area contributed by atoms with Gasteiger partial charge < -0.3 is 0 Å². The summed E-state index contributed by atoms with van der Waals surface area (Å²) < 4.78 is 22.3. The highest BCUT2D eigenvalue weighted by atomic mass is 19.2. The van der Waals surface area contributed by atoms with Crippen LogP contribution in [0.2, 0.25) is 0 Å². The van der Waals surface area contributed by atoms with Gasteiger partial charge in [0.2, 0.25) is 0 Å². The zero-order chi connectivity index (χ0) is 6.57. The number of nitrogens with zero attached hydrogens (tertiary/aromatic N) is 2. The minimum atomic E-state index is -0.0347. The molecule has 0 saturated heterocycles. The Morgan fingerprint density at radius 1 is 1.00 bits per heavy atom. The summed E-state index contributed by atoms with van der Waals surface area (Å²) in [5.41, 5.74) is -0.0694. The molecule has 0 rings (SSSR count). The first-order valence-electron chi connectivity index (χ1n) is 2.04. The Labute approximate surface area is 45.8 Å². The molecule has 0 heterocycles. The maximum atomic E-state index is 11.2. The molecular weight excluding hydrogens is 114 g/mol. The van der Waals surface area contributed by atoms with Gasteiger partial charge in [-0.2, -0.15) is 0 Å². The van der Waals surface area contributed by atoms with Crippen LogP contribution in [0, 0.1) is 0 Å². The Morgan fingerprint density at radius 3 is 1.38 bits per heavy atom. The summed E-state index contributed by atoms with van der Waals surface area (Å²) >= 11 is 0. The van der Waals surface area contributed by atoms with Crippen molar-refractivity contribution in [1.82, 2.24) is 0 Å². The van der Waals surface area contributed by atoms with Crippen LogP contribution in [0.15, 0.2) is 10.4 Å². The summed E-state index contributed by atoms with van der Waals surface area (Å²) in [6.07, 6.45) is 0. The Morgan fingerprint density at radius 2 is 1.25 bits per heavy atom. The third kappa shape index (κ3) is 1.77. The molecular formula is C4H6F2N2. The lowest BCUT2D eigenvalue weighted by molar-refractivity contribution is 0.530. The SMILES string of the molecule is CC(=NF)C(C)=NF. The molecule has 0 aliphatic carbocycles. The molecule has 0 amide bonds. The van der Waals surface area contributed by atoms with Crippen LogP contribution in [0.5, 0.6) is 0 Å². The second-order valence-corrected chi connectivity index (χ2v) is 1.34. The zero-order valence-corrected chi connectivity index (χ0v) is 4.65. The van der Waals surface area contributed by atoms with Gasteiger partial charge in [0.1, 0.15) is 0 Å². The number of hydrogen-bond donors (Lipinski definition) is 0. The number of halogens is 2. The largest absolute Gasteiger partial charge is 0.0940 e. The smallest absolute Gasteiger partial charge is 0.0904 e. The van der Waals surface area contributed by atoms with Crippen molar-refractivity contribution in [2.24, 2.45) is 10.4 Å². The number of hydrogen-bond acceptors (Lipinski definition) is 2. The molecule has 0 saturated carbocycles. The summed E-state index contributed by atoms with van der Waals surface area (Å²) in [4.78, 5) is 0. The van der Waals surface area contributed by atoms with Crippen molar-refractivity contribution in [3.63, 3.8) is 0 Å². The highest BCUT2D eigenvalue weighted by Crippen LogP contribution is 1.84. The van der Waals surface area contributed by atoms with E-state index in [0.29, 0.717) is 0 Å². The Kier molecular flexibility index (Phi) is 2.91. The van der Waals surface area contributed by atoms with E-state index in [1.54, 1.807) is 0 Å². The van der Waals surface area contributed by atoms with Gasteiger partial charge in [0.25, 0.3) is 0 Å². The van der Waals surface area contributed by atoms with Crippen LogP contribution in [-0.4, -0.2) is 11.4 Å². The van der Waals surface area contributed by atoms with E-state index in [2.05, 4.69) is 10.4 Å². The van der Waals surface area contributed by atoms with Crippen LogP contribution in [0.4, 0.5) is 8.96 Å². The highest BCUT2D eigenvalue weighted by molar-refractivity contribution is 6.40. The lowest BCUT2D eigenvalue weighted by Crippen LogP contribution is -2.02. The standard InChI is InChI=1S/C4H6F2N2/c1-3(7-5)4(2)8-6/h1-2H3. The van der Waals surface area contributed by atoms with Crippen molar-refractivity contribution in [2.75, 3.05) is 0 Å². The van der Waals surface area contributed by atoms with E-state index in [9.17, 15) is 8.96 Å². The average Bonchev–Trinajstić information content (AvgIpc) is 1.84. The molecule has 0 bridgehead atoms. The molecule has 8 heavy (non-hydrogen) atoms. The lowest BCUT2D eigenvalue weighted by atomic mass is 10.3. The molecule has 0 atom stereocenters. The van der Waals surface area contributed by atoms with Crippen molar-refractivity contribution in [1.29, 1.82) is 0 Å². The van der Waals surface area contributed by atoms with Gasteiger partial charge >= 0.3 is 0 Å². The first-order chi connectivity index (χ1) is 3.72. The summed E-state index contributed by atoms with van der Waals surface area (Å²) in [5, 5.41) is 4.41. The third-order valence-electron chi connectivity index (χ3n) is 0.777. The van der Waals surface area contributed by atoms with Gasteiger partial charge in [-0.25, -0.2) is 0 Å². The molecule has 46 valence electrons. The second kappa shape index (κ2) is 3.23. The third-order valence-corrected chi connectivity index (χ3v) is 0.777. The van der Waals surface area contributed by atoms with Crippen molar-refractivity contribution < 1.29 is 8.96 Å². The maximum absolute atomic E-state index is 11.2. The van der Waals surface area contributed by atoms with E-state index >= 15 is 0 Å². The van der Waals surface area contributed by atoms with E-state index < -0.39 is 0 Å². The Balaban J connectivity index is 4.04. The van der Waals surface area contributed by atoms with Gasteiger partial charge in [0.05, 0.1) is 11.4 Å². The van der Waals surface area contributed by atoms with Gasteiger partial charge in [-0.1, -0.05) is 19.4 Å². The van der Waals surface area contributed by atoms with Crippen molar-refractivity contribution in [3.8, 4) is 0 Å². The van der Waals surface area contributed by atoms with E-state index in [1.165, 1.54) is 13.8 Å². The summed E-state index contributed by atoms with van der Waals surface area (Å²) in [5.74, 6) is 0. The Hall–Kier alpha value is -0.800. The minimum absolute atomic E-state index is 0.0347. The Bertz CT molecular complexity index is 112. The molecule has 0 fully saturated rings. The molecule has 0 spiro atoms. The number of rotatable bonds is 1. The van der Waals surface area contributed by atoms with Crippen LogP contribution in [0.25, 0.3) is 0 Å². The normalized spacial score (nSPS) is 14.5. The van der Waals surface area contributed by atoms with Gasteiger partial charge in [-0.15, -0.1) is 0 Å². The molecule has 0 N–H and O–H groups in total. The quantitative estimate of drug-likeness (QED) is 0.470. The first kappa shape index (κ1) is 7.20. The molecule has 2 nitrogen and oxygen atoms in total. The van der Waals surface area contributed by atoms with Gasteiger partial charge in [-0.05, 0) is 13.8 Å². The summed E-state index contributed by atoms with van der Waals surface area (Å²) in [6.45, 7) is 2.66. The van der Waals surface area contributed by atoms with Crippen LogP contribution >= 0.6 is 0 Å². The predicted molar refractivity (Wildman–Crippen MR) is 28.4 cm³/mol. The molecule has 0 aliphatic rings. The van der Waals surface area contributed by atoms with E-state index in [4.69, 9.17) is 0 Å². The molecule has 4 heteroatoms. The van der Waals surface area contributed by atoms with E-state index in [1.807, 2.05) is 0 Å². The zero-order valence-electron chi connectivity index (χ0n) is 4.65. The highest BCUT2D eigenvalue weighted by Gasteiger charge is 1.94. The minimum Gasteiger partial charge on any atom is -0.0904 e. The van der Waals surface area contributed by atoms with Crippen LogP contribution < -0.4 is 0 Å². The van der Waals surface area contributed by atoms with Crippen molar-refractivity contribution in [3.05, 3.63) is 0 Å². The molecule has 0 aromatic carbocycles. The average molecular weight is 120 g/mol.